The number of hydrogen-bond donors (Lipinski definition) is 0. The van der Waals surface area contributed by atoms with Crippen LogP contribution < -0.4 is 0 Å². The molecule has 30 heavy (non-hydrogen) atoms. The third kappa shape index (κ3) is 4.41. The molecule has 0 aliphatic carbocycles. The van der Waals surface area contributed by atoms with E-state index in [1.807, 2.05) is 20.8 Å². The first-order valence-electron chi connectivity index (χ1n) is 9.39. The summed E-state index contributed by atoms with van der Waals surface area (Å²) in [7, 11) is -8.07. The highest BCUT2D eigenvalue weighted by Crippen LogP contribution is 2.26. The zero-order valence-electron chi connectivity index (χ0n) is 17.0. The van der Waals surface area contributed by atoms with Gasteiger partial charge in [-0.15, -0.1) is 0 Å². The van der Waals surface area contributed by atoms with E-state index in [1.54, 1.807) is 24.3 Å². The monoisotopic (exact) mass is 458 g/mol. The topological polar surface area (TPSA) is 74.8 Å². The van der Waals surface area contributed by atoms with E-state index in [0.717, 1.165) is 22.0 Å². The lowest BCUT2D eigenvalue weighted by molar-refractivity contribution is 0.272. The van der Waals surface area contributed by atoms with Gasteiger partial charge < -0.3 is 0 Å². The van der Waals surface area contributed by atoms with Gasteiger partial charge in [-0.3, -0.25) is 0 Å². The minimum Gasteiger partial charge on any atom is -0.207 e. The average molecular weight is 459 g/mol. The predicted octanol–water partition coefficient (Wildman–Crippen LogP) is 2.96. The second kappa shape index (κ2) is 7.99. The molecule has 0 amide bonds. The number of sulfonamides is 2. The highest BCUT2D eigenvalue weighted by Gasteiger charge is 2.35. The van der Waals surface area contributed by atoms with Crippen LogP contribution in [0.25, 0.3) is 0 Å². The van der Waals surface area contributed by atoms with Crippen molar-refractivity contribution in [3.8, 4) is 0 Å². The standard InChI is InChI=1S/C20H24F2N2O4S2/c1-20(2,3)15-4-7-17(8-5-15)29(25,26)23-10-12-24(13-11-23)30(27,28)19-14-16(21)6-9-18(19)22/h4-9,14H,10-13H2,1-3H3. The Labute approximate surface area is 176 Å². The largest absolute Gasteiger partial charge is 0.246 e. The Balaban J connectivity index is 1.77. The lowest BCUT2D eigenvalue weighted by atomic mass is 9.87. The van der Waals surface area contributed by atoms with E-state index in [9.17, 15) is 25.6 Å². The fourth-order valence-corrected chi connectivity index (χ4v) is 6.16. The SMILES string of the molecule is CC(C)(C)c1ccc(S(=O)(=O)N2CCN(S(=O)(=O)c3cc(F)ccc3F)CC2)cc1. The normalized spacial score (nSPS) is 17.2. The van der Waals surface area contributed by atoms with Crippen LogP contribution in [0, 0.1) is 11.6 Å². The number of piperazine rings is 1. The van der Waals surface area contributed by atoms with E-state index >= 15 is 0 Å². The number of benzene rings is 2. The molecule has 0 bridgehead atoms. The van der Waals surface area contributed by atoms with Crippen molar-refractivity contribution >= 4 is 20.0 Å². The predicted molar refractivity (Wildman–Crippen MR) is 109 cm³/mol. The summed E-state index contributed by atoms with van der Waals surface area (Å²) in [4.78, 5) is -0.625. The first-order valence-corrected chi connectivity index (χ1v) is 12.3. The molecule has 2 aromatic carbocycles. The van der Waals surface area contributed by atoms with Crippen LogP contribution >= 0.6 is 0 Å². The van der Waals surface area contributed by atoms with Gasteiger partial charge in [-0.2, -0.15) is 8.61 Å². The van der Waals surface area contributed by atoms with E-state index in [0.29, 0.717) is 6.07 Å². The maximum atomic E-state index is 13.9. The van der Waals surface area contributed by atoms with Crippen molar-refractivity contribution in [1.29, 1.82) is 0 Å². The van der Waals surface area contributed by atoms with Crippen LogP contribution in [-0.2, 0) is 25.5 Å². The summed E-state index contributed by atoms with van der Waals surface area (Å²) in [5, 5.41) is 0. The average Bonchev–Trinajstić information content (AvgIpc) is 2.69. The molecule has 0 aromatic heterocycles. The van der Waals surface area contributed by atoms with Crippen molar-refractivity contribution < 1.29 is 25.6 Å². The molecule has 1 aliphatic heterocycles. The Hall–Kier alpha value is -1.88. The molecule has 0 N–H and O–H groups in total. The van der Waals surface area contributed by atoms with Crippen LogP contribution in [0.3, 0.4) is 0 Å². The molecule has 0 unspecified atom stereocenters. The quantitative estimate of drug-likeness (QED) is 0.706. The Kier molecular flexibility index (Phi) is 6.07. The van der Waals surface area contributed by atoms with Crippen LogP contribution in [0.4, 0.5) is 8.78 Å². The highest BCUT2D eigenvalue weighted by molar-refractivity contribution is 7.89. The molecule has 1 aliphatic rings. The summed E-state index contributed by atoms with van der Waals surface area (Å²) in [6, 6.07) is 8.83. The van der Waals surface area contributed by atoms with Crippen molar-refractivity contribution in [3.63, 3.8) is 0 Å². The highest BCUT2D eigenvalue weighted by atomic mass is 32.2. The second-order valence-corrected chi connectivity index (χ2v) is 12.0. The Bertz CT molecular complexity index is 1130. The van der Waals surface area contributed by atoms with E-state index in [1.165, 1.54) is 4.31 Å². The third-order valence-electron chi connectivity index (χ3n) is 5.07. The third-order valence-corrected chi connectivity index (χ3v) is 8.89. The maximum Gasteiger partial charge on any atom is 0.246 e. The van der Waals surface area contributed by atoms with Crippen molar-refractivity contribution in [2.24, 2.45) is 0 Å². The van der Waals surface area contributed by atoms with Gasteiger partial charge in [0.25, 0.3) is 0 Å². The molecule has 2 aromatic rings. The van der Waals surface area contributed by atoms with Gasteiger partial charge in [-0.1, -0.05) is 32.9 Å². The molecule has 1 saturated heterocycles. The van der Waals surface area contributed by atoms with Gasteiger partial charge in [0.1, 0.15) is 16.5 Å². The zero-order chi connectivity index (χ0) is 22.3. The van der Waals surface area contributed by atoms with Gasteiger partial charge in [0, 0.05) is 26.2 Å². The molecule has 1 fully saturated rings. The summed E-state index contributed by atoms with van der Waals surface area (Å²) < 4.78 is 80.7. The molecule has 164 valence electrons. The summed E-state index contributed by atoms with van der Waals surface area (Å²) in [5.74, 6) is -1.92. The summed E-state index contributed by atoms with van der Waals surface area (Å²) in [5.41, 5.74) is 0.878. The molecule has 0 radical (unpaired) electrons. The van der Waals surface area contributed by atoms with Gasteiger partial charge in [0.15, 0.2) is 0 Å². The van der Waals surface area contributed by atoms with Crippen LogP contribution in [0.15, 0.2) is 52.3 Å². The van der Waals surface area contributed by atoms with Crippen LogP contribution in [-0.4, -0.2) is 51.6 Å². The fourth-order valence-electron chi connectivity index (χ4n) is 3.24. The van der Waals surface area contributed by atoms with Crippen molar-refractivity contribution in [2.45, 2.75) is 36.0 Å². The molecule has 0 spiro atoms. The smallest absolute Gasteiger partial charge is 0.207 e. The van der Waals surface area contributed by atoms with E-state index in [2.05, 4.69) is 0 Å². The molecule has 0 atom stereocenters. The van der Waals surface area contributed by atoms with E-state index in [4.69, 9.17) is 0 Å². The van der Waals surface area contributed by atoms with E-state index < -0.39 is 36.6 Å². The van der Waals surface area contributed by atoms with E-state index in [-0.39, 0.29) is 36.5 Å². The first-order chi connectivity index (χ1) is 13.8. The first kappa shape index (κ1) is 22.8. The number of rotatable bonds is 4. The second-order valence-electron chi connectivity index (χ2n) is 8.16. The van der Waals surface area contributed by atoms with Crippen LogP contribution in [0.5, 0.6) is 0 Å². The Morgan fingerprint density at radius 2 is 1.27 bits per heavy atom. The van der Waals surface area contributed by atoms with Crippen LogP contribution in [0.2, 0.25) is 0 Å². The maximum absolute atomic E-state index is 13.9. The minimum absolute atomic E-state index is 0.0838. The number of hydrogen-bond acceptors (Lipinski definition) is 4. The molecule has 1 heterocycles. The summed E-state index contributed by atoms with van der Waals surface area (Å²) >= 11 is 0. The zero-order valence-corrected chi connectivity index (χ0v) is 18.6. The van der Waals surface area contributed by atoms with Gasteiger partial charge in [0.2, 0.25) is 20.0 Å². The van der Waals surface area contributed by atoms with Crippen molar-refractivity contribution in [1.82, 2.24) is 8.61 Å². The molecular formula is C20H24F2N2O4S2. The van der Waals surface area contributed by atoms with Gasteiger partial charge >= 0.3 is 0 Å². The molecule has 3 rings (SSSR count). The minimum atomic E-state index is -4.27. The lowest BCUT2D eigenvalue weighted by Crippen LogP contribution is -2.50. The molecule has 6 nitrogen and oxygen atoms in total. The molecule has 10 heteroatoms. The Morgan fingerprint density at radius 3 is 1.77 bits per heavy atom. The molecule has 0 saturated carbocycles. The lowest BCUT2D eigenvalue weighted by Gasteiger charge is -2.33. The Morgan fingerprint density at radius 1 is 0.767 bits per heavy atom. The van der Waals surface area contributed by atoms with Crippen LogP contribution in [0.1, 0.15) is 26.3 Å². The van der Waals surface area contributed by atoms with Crippen molar-refractivity contribution in [2.75, 3.05) is 26.2 Å². The molecular weight excluding hydrogens is 434 g/mol. The van der Waals surface area contributed by atoms with Crippen molar-refractivity contribution in [3.05, 3.63) is 59.7 Å². The summed E-state index contributed by atoms with van der Waals surface area (Å²) in [6.07, 6.45) is 0. The number of halogens is 2. The van der Waals surface area contributed by atoms with Gasteiger partial charge in [-0.05, 0) is 41.3 Å². The number of nitrogens with zero attached hydrogens (tertiary/aromatic N) is 2. The van der Waals surface area contributed by atoms with Gasteiger partial charge in [0.05, 0.1) is 4.90 Å². The summed E-state index contributed by atoms with van der Waals surface area (Å²) in [6.45, 7) is 5.60. The van der Waals surface area contributed by atoms with Gasteiger partial charge in [-0.25, -0.2) is 25.6 Å². The fraction of sp³-hybridized carbons (Fsp3) is 0.400.